The maximum atomic E-state index is 13.2. The molecule has 0 atom stereocenters. The lowest BCUT2D eigenvalue weighted by Gasteiger charge is -2.14. The van der Waals surface area contributed by atoms with Crippen LogP contribution in [0.5, 0.6) is 0 Å². The molecule has 10 heteroatoms. The van der Waals surface area contributed by atoms with Crippen LogP contribution in [-0.4, -0.2) is 39.0 Å². The van der Waals surface area contributed by atoms with Crippen molar-refractivity contribution in [3.05, 3.63) is 100 Å². The lowest BCUT2D eigenvalue weighted by atomic mass is 10.1. The van der Waals surface area contributed by atoms with Crippen molar-refractivity contribution in [3.8, 4) is 0 Å². The molecule has 0 unspecified atom stereocenters. The Balaban J connectivity index is 1.33. The Morgan fingerprint density at radius 2 is 1.65 bits per heavy atom. The Kier molecular flexibility index (Phi) is 7.52. The van der Waals surface area contributed by atoms with Crippen molar-refractivity contribution in [2.45, 2.75) is 20.4 Å². The fourth-order valence-corrected chi connectivity index (χ4v) is 5.22. The summed E-state index contributed by atoms with van der Waals surface area (Å²) >= 11 is 0.765. The minimum Gasteiger partial charge on any atom is -0.337 e. The van der Waals surface area contributed by atoms with Crippen LogP contribution >= 0.6 is 11.8 Å². The van der Waals surface area contributed by atoms with E-state index >= 15 is 0 Å². The van der Waals surface area contributed by atoms with Gasteiger partial charge in [0.25, 0.3) is 11.1 Å². The number of thioether (sulfide) groups is 1. The number of benzene rings is 3. The van der Waals surface area contributed by atoms with E-state index in [2.05, 4.69) is 10.6 Å². The highest BCUT2D eigenvalue weighted by Crippen LogP contribution is 2.34. The van der Waals surface area contributed by atoms with Crippen LogP contribution in [0.15, 0.2) is 77.8 Å². The van der Waals surface area contributed by atoms with Gasteiger partial charge in [0.1, 0.15) is 18.9 Å². The Morgan fingerprint density at radius 3 is 2.42 bits per heavy atom. The third kappa shape index (κ3) is 5.81. The van der Waals surface area contributed by atoms with Crippen LogP contribution < -0.4 is 10.6 Å². The Hall–Kier alpha value is -4.70. The molecule has 2 N–H and O–H groups in total. The smallest absolute Gasteiger partial charge is 0.294 e. The number of imide groups is 1. The van der Waals surface area contributed by atoms with Crippen LogP contribution in [-0.2, 0) is 20.9 Å². The number of carbonyl (C=O) groups excluding carboxylic acids is 4. The molecule has 5 rings (SSSR count). The number of hydrogen-bond acceptors (Lipinski definition) is 5. The number of fused-ring (bicyclic) bond motifs is 1. The fraction of sp³-hybridized carbons (Fsp3) is 0.133. The standard InChI is InChI=1S/C30H25FN4O4S/c1-18-7-8-19(2)24(13-18)33-28(37)17-35-29(38)26(40-30(35)39)14-20-15-34(25-6-4-3-5-23(20)25)16-27(36)32-22-11-9-21(31)10-12-22/h3-15H,16-17H2,1-2H3,(H,32,36)(H,33,37)/b26-14-. The van der Waals surface area contributed by atoms with Gasteiger partial charge in [0.05, 0.1) is 4.91 Å². The summed E-state index contributed by atoms with van der Waals surface area (Å²) in [6.45, 7) is 3.35. The summed E-state index contributed by atoms with van der Waals surface area (Å²) in [5.74, 6) is -1.74. The summed E-state index contributed by atoms with van der Waals surface area (Å²) < 4.78 is 14.9. The van der Waals surface area contributed by atoms with Crippen molar-refractivity contribution in [2.24, 2.45) is 0 Å². The van der Waals surface area contributed by atoms with Gasteiger partial charge in [-0.25, -0.2) is 4.39 Å². The molecular formula is C30H25FN4O4S. The molecule has 8 nitrogen and oxygen atoms in total. The molecule has 1 saturated heterocycles. The van der Waals surface area contributed by atoms with Gasteiger partial charge in [-0.2, -0.15) is 0 Å². The van der Waals surface area contributed by atoms with Crippen LogP contribution in [0.3, 0.4) is 0 Å². The first-order chi connectivity index (χ1) is 19.2. The molecule has 0 aliphatic carbocycles. The summed E-state index contributed by atoms with van der Waals surface area (Å²) in [5, 5.41) is 5.77. The van der Waals surface area contributed by atoms with Gasteiger partial charge in [0.15, 0.2) is 0 Å². The average molecular weight is 557 g/mol. The minimum absolute atomic E-state index is 0.0221. The highest BCUT2D eigenvalue weighted by molar-refractivity contribution is 8.18. The Labute approximate surface area is 233 Å². The molecule has 2 heterocycles. The monoisotopic (exact) mass is 556 g/mol. The number of aryl methyl sites for hydroxylation is 2. The zero-order chi connectivity index (χ0) is 28.4. The largest absolute Gasteiger partial charge is 0.337 e. The molecule has 40 heavy (non-hydrogen) atoms. The number of amides is 4. The third-order valence-electron chi connectivity index (χ3n) is 6.39. The van der Waals surface area contributed by atoms with Gasteiger partial charge >= 0.3 is 0 Å². The molecular weight excluding hydrogens is 531 g/mol. The highest BCUT2D eigenvalue weighted by Gasteiger charge is 2.36. The molecule has 0 spiro atoms. The highest BCUT2D eigenvalue weighted by atomic mass is 32.2. The van der Waals surface area contributed by atoms with Gasteiger partial charge in [0, 0.05) is 34.0 Å². The first-order valence-corrected chi connectivity index (χ1v) is 13.3. The van der Waals surface area contributed by atoms with Crippen LogP contribution in [0.1, 0.15) is 16.7 Å². The van der Waals surface area contributed by atoms with Gasteiger partial charge in [0.2, 0.25) is 11.8 Å². The van der Waals surface area contributed by atoms with E-state index in [1.165, 1.54) is 24.3 Å². The van der Waals surface area contributed by atoms with E-state index in [1.54, 1.807) is 16.8 Å². The SMILES string of the molecule is Cc1ccc(C)c(NC(=O)CN2C(=O)S/C(=C\c3cn(CC(=O)Nc4ccc(F)cc4)c4ccccc34)C2=O)c1. The predicted molar refractivity (Wildman–Crippen MR) is 154 cm³/mol. The first-order valence-electron chi connectivity index (χ1n) is 12.4. The van der Waals surface area contributed by atoms with Gasteiger partial charge < -0.3 is 15.2 Å². The minimum atomic E-state index is -0.558. The van der Waals surface area contributed by atoms with Crippen molar-refractivity contribution in [1.82, 2.24) is 9.47 Å². The number of aromatic nitrogens is 1. The zero-order valence-corrected chi connectivity index (χ0v) is 22.5. The average Bonchev–Trinajstić information content (AvgIpc) is 3.39. The van der Waals surface area contributed by atoms with Crippen molar-refractivity contribution in [2.75, 3.05) is 17.2 Å². The van der Waals surface area contributed by atoms with Crippen LogP contribution in [0.4, 0.5) is 20.6 Å². The Morgan fingerprint density at radius 1 is 0.925 bits per heavy atom. The van der Waals surface area contributed by atoms with E-state index in [4.69, 9.17) is 0 Å². The number of para-hydroxylation sites is 1. The van der Waals surface area contributed by atoms with Gasteiger partial charge in [-0.15, -0.1) is 0 Å². The molecule has 0 saturated carbocycles. The molecule has 1 aromatic heterocycles. The van der Waals surface area contributed by atoms with Crippen LogP contribution in [0.2, 0.25) is 0 Å². The van der Waals surface area contributed by atoms with Crippen LogP contribution in [0.25, 0.3) is 17.0 Å². The summed E-state index contributed by atoms with van der Waals surface area (Å²) in [5.41, 5.74) is 4.35. The van der Waals surface area contributed by atoms with E-state index < -0.39 is 29.4 Å². The van der Waals surface area contributed by atoms with Gasteiger partial charge in [-0.1, -0.05) is 30.3 Å². The number of halogens is 1. The van der Waals surface area contributed by atoms with E-state index in [0.29, 0.717) is 16.9 Å². The summed E-state index contributed by atoms with van der Waals surface area (Å²) in [7, 11) is 0. The lowest BCUT2D eigenvalue weighted by Crippen LogP contribution is -2.36. The number of nitrogens with one attached hydrogen (secondary N) is 2. The second-order valence-electron chi connectivity index (χ2n) is 9.42. The van der Waals surface area contributed by atoms with E-state index in [0.717, 1.165) is 38.7 Å². The summed E-state index contributed by atoms with van der Waals surface area (Å²) in [6, 6.07) is 18.5. The maximum Gasteiger partial charge on any atom is 0.294 e. The molecule has 1 aliphatic rings. The molecule has 4 amide bonds. The summed E-state index contributed by atoms with van der Waals surface area (Å²) in [6.07, 6.45) is 3.33. The number of hydrogen-bond donors (Lipinski definition) is 2. The normalized spacial score (nSPS) is 14.3. The van der Waals surface area contributed by atoms with Gasteiger partial charge in [-0.3, -0.25) is 24.1 Å². The topological polar surface area (TPSA) is 101 Å². The molecule has 3 aromatic carbocycles. The maximum absolute atomic E-state index is 13.2. The molecule has 4 aromatic rings. The predicted octanol–water partition coefficient (Wildman–Crippen LogP) is 5.71. The third-order valence-corrected chi connectivity index (χ3v) is 7.30. The van der Waals surface area contributed by atoms with Crippen molar-refractivity contribution < 1.29 is 23.6 Å². The quantitative estimate of drug-likeness (QED) is 0.284. The van der Waals surface area contributed by atoms with Crippen LogP contribution in [0, 0.1) is 19.7 Å². The van der Waals surface area contributed by atoms with E-state index in [9.17, 15) is 23.6 Å². The zero-order valence-electron chi connectivity index (χ0n) is 21.7. The van der Waals surface area contributed by atoms with Crippen molar-refractivity contribution >= 4 is 63.1 Å². The second-order valence-corrected chi connectivity index (χ2v) is 10.4. The molecule has 1 fully saturated rings. The van der Waals surface area contributed by atoms with E-state index in [-0.39, 0.29) is 17.4 Å². The number of nitrogens with zero attached hydrogens (tertiary/aromatic N) is 2. The number of carbonyl (C=O) groups is 4. The molecule has 0 bridgehead atoms. The lowest BCUT2D eigenvalue weighted by molar-refractivity contribution is -0.127. The van der Waals surface area contributed by atoms with E-state index in [1.807, 2.05) is 56.3 Å². The fourth-order valence-electron chi connectivity index (χ4n) is 4.39. The molecule has 0 radical (unpaired) electrons. The van der Waals surface area contributed by atoms with Gasteiger partial charge in [-0.05, 0) is 79.2 Å². The number of rotatable bonds is 7. The molecule has 1 aliphatic heterocycles. The summed E-state index contributed by atoms with van der Waals surface area (Å²) in [4.78, 5) is 52.2. The Bertz CT molecular complexity index is 1690. The molecule has 202 valence electrons. The van der Waals surface area contributed by atoms with Crippen molar-refractivity contribution in [3.63, 3.8) is 0 Å². The van der Waals surface area contributed by atoms with Crippen molar-refractivity contribution in [1.29, 1.82) is 0 Å². The number of anilines is 2. The first kappa shape index (κ1) is 26.9. The second kappa shape index (κ2) is 11.2.